The Morgan fingerprint density at radius 2 is 0.880 bits per heavy atom. The molecule has 0 fully saturated rings. The van der Waals surface area contributed by atoms with Crippen molar-refractivity contribution in [2.75, 3.05) is 14.2 Å². The van der Waals surface area contributed by atoms with Crippen LogP contribution in [-0.2, 0) is 0 Å². The Kier molecular flexibility index (Phi) is 19.0. The summed E-state index contributed by atoms with van der Waals surface area (Å²) in [4.78, 5) is 0. The maximum absolute atomic E-state index is 9.60. The predicted octanol–water partition coefficient (Wildman–Crippen LogP) is 14.1. The summed E-state index contributed by atoms with van der Waals surface area (Å²) in [7, 11) is 3.44. The van der Waals surface area contributed by atoms with Crippen LogP contribution < -0.4 is 9.47 Å². The molecule has 3 unspecified atom stereocenters. The van der Waals surface area contributed by atoms with Crippen molar-refractivity contribution in [2.24, 2.45) is 0 Å². The normalized spacial score (nSPS) is 12.3. The molecule has 266 valence electrons. The Balaban J connectivity index is 0.000000209. The van der Waals surface area contributed by atoms with Crippen LogP contribution >= 0.6 is 47.8 Å². The average molecular weight is 868 g/mol. The molecule has 5 aromatic carbocycles. The number of aliphatic hydroxyl groups excluding tert-OH is 1. The molecular weight excluding hydrogens is 816 g/mol. The van der Waals surface area contributed by atoms with Crippen molar-refractivity contribution in [3.05, 3.63) is 163 Å². The van der Waals surface area contributed by atoms with Crippen LogP contribution in [0.25, 0.3) is 0 Å². The SMILES string of the molecule is CCCC(O)c1ccc(Br)cc1.CCCC(c1ccc(Br)cc1)c1ccc(OC)cc1.CCCC(c1ccc(Br)cc1)c1ccccc1OC. The van der Waals surface area contributed by atoms with Crippen LogP contribution in [-0.4, -0.2) is 19.3 Å². The lowest BCUT2D eigenvalue weighted by Gasteiger charge is -2.20. The van der Waals surface area contributed by atoms with Gasteiger partial charge in [-0.15, -0.1) is 0 Å². The molecule has 0 aliphatic heterocycles. The quantitative estimate of drug-likeness (QED) is 0.128. The fraction of sp³-hybridized carbons (Fsp3) is 0.318. The third-order valence-electron chi connectivity index (χ3n) is 8.55. The third-order valence-corrected chi connectivity index (χ3v) is 10.1. The van der Waals surface area contributed by atoms with Crippen LogP contribution in [0.1, 0.15) is 105 Å². The van der Waals surface area contributed by atoms with E-state index in [0.29, 0.717) is 11.8 Å². The summed E-state index contributed by atoms with van der Waals surface area (Å²) in [5.41, 5.74) is 6.34. The predicted molar refractivity (Wildman–Crippen MR) is 222 cm³/mol. The van der Waals surface area contributed by atoms with Crippen LogP contribution in [0, 0.1) is 0 Å². The highest BCUT2D eigenvalue weighted by Crippen LogP contribution is 2.36. The van der Waals surface area contributed by atoms with Crippen LogP contribution in [0.3, 0.4) is 0 Å². The molecule has 0 amide bonds. The Morgan fingerprint density at radius 1 is 0.480 bits per heavy atom. The van der Waals surface area contributed by atoms with E-state index in [1.54, 1.807) is 14.2 Å². The Labute approximate surface area is 325 Å². The molecule has 5 rings (SSSR count). The fourth-order valence-electron chi connectivity index (χ4n) is 5.91. The number of methoxy groups -OCH3 is 2. The molecule has 0 aromatic heterocycles. The summed E-state index contributed by atoms with van der Waals surface area (Å²) < 4.78 is 14.0. The Morgan fingerprint density at radius 3 is 1.32 bits per heavy atom. The van der Waals surface area contributed by atoms with Gasteiger partial charge < -0.3 is 14.6 Å². The molecule has 3 nitrogen and oxygen atoms in total. The van der Waals surface area contributed by atoms with Gasteiger partial charge in [0.15, 0.2) is 0 Å². The van der Waals surface area contributed by atoms with Gasteiger partial charge in [-0.1, -0.05) is 155 Å². The largest absolute Gasteiger partial charge is 0.497 e. The minimum Gasteiger partial charge on any atom is -0.497 e. The van der Waals surface area contributed by atoms with E-state index in [1.807, 2.05) is 48.5 Å². The Bertz CT molecular complexity index is 1640. The van der Waals surface area contributed by atoms with Crippen LogP contribution in [0.4, 0.5) is 0 Å². The standard InChI is InChI=1S/2C17H19BrO.C10H13BrO/c1-3-6-15(13-9-11-14(18)12-10-13)16-7-4-5-8-17(16)19-2;1-3-4-17(13-5-9-15(18)10-6-13)14-7-11-16(19-2)12-8-14;1-2-3-10(12)8-4-6-9(11)7-5-8/h4-5,7-12,15H,3,6H2,1-2H3;5-12,17H,3-4H2,1-2H3;4-7,10,12H,2-3H2,1H3. The van der Waals surface area contributed by atoms with Gasteiger partial charge in [-0.05, 0) is 96.1 Å². The van der Waals surface area contributed by atoms with E-state index in [0.717, 1.165) is 62.6 Å². The van der Waals surface area contributed by atoms with Gasteiger partial charge in [0.2, 0.25) is 0 Å². The molecule has 0 radical (unpaired) electrons. The van der Waals surface area contributed by atoms with Crippen molar-refractivity contribution in [2.45, 2.75) is 77.2 Å². The van der Waals surface area contributed by atoms with Gasteiger partial charge in [-0.3, -0.25) is 0 Å². The number of ether oxygens (including phenoxy) is 2. The molecule has 0 heterocycles. The Hall–Kier alpha value is -2.90. The van der Waals surface area contributed by atoms with Gasteiger partial charge in [-0.2, -0.15) is 0 Å². The van der Waals surface area contributed by atoms with Crippen molar-refractivity contribution in [3.63, 3.8) is 0 Å². The number of para-hydroxylation sites is 1. The van der Waals surface area contributed by atoms with Crippen LogP contribution in [0.5, 0.6) is 11.5 Å². The van der Waals surface area contributed by atoms with E-state index in [1.165, 1.54) is 28.7 Å². The van der Waals surface area contributed by atoms with Crippen LogP contribution in [0.2, 0.25) is 0 Å². The van der Waals surface area contributed by atoms with E-state index >= 15 is 0 Å². The summed E-state index contributed by atoms with van der Waals surface area (Å²) in [5.74, 6) is 2.75. The van der Waals surface area contributed by atoms with Crippen molar-refractivity contribution in [1.29, 1.82) is 0 Å². The van der Waals surface area contributed by atoms with Crippen molar-refractivity contribution in [3.8, 4) is 11.5 Å². The number of halogens is 3. The lowest BCUT2D eigenvalue weighted by atomic mass is 9.87. The first-order valence-electron chi connectivity index (χ1n) is 17.5. The molecule has 6 heteroatoms. The molecule has 0 saturated carbocycles. The molecule has 0 aliphatic rings. The second-order valence-electron chi connectivity index (χ2n) is 12.2. The van der Waals surface area contributed by atoms with Gasteiger partial charge in [-0.25, -0.2) is 0 Å². The van der Waals surface area contributed by atoms with E-state index < -0.39 is 0 Å². The van der Waals surface area contributed by atoms with E-state index in [9.17, 15) is 5.11 Å². The fourth-order valence-corrected chi connectivity index (χ4v) is 6.70. The van der Waals surface area contributed by atoms with Crippen molar-refractivity contribution in [1.82, 2.24) is 0 Å². The molecule has 1 N–H and O–H groups in total. The van der Waals surface area contributed by atoms with Gasteiger partial charge >= 0.3 is 0 Å². The monoisotopic (exact) mass is 864 g/mol. The first-order valence-corrected chi connectivity index (χ1v) is 19.8. The number of rotatable bonds is 13. The zero-order valence-corrected chi connectivity index (χ0v) is 34.7. The van der Waals surface area contributed by atoms with E-state index in [2.05, 4.69) is 141 Å². The topological polar surface area (TPSA) is 38.7 Å². The molecule has 0 aliphatic carbocycles. The highest BCUT2D eigenvalue weighted by atomic mass is 79.9. The molecule has 3 atom stereocenters. The molecule has 0 saturated heterocycles. The highest BCUT2D eigenvalue weighted by Gasteiger charge is 2.17. The number of benzene rings is 5. The van der Waals surface area contributed by atoms with Gasteiger partial charge in [0.1, 0.15) is 11.5 Å². The third kappa shape index (κ3) is 13.3. The molecule has 5 aromatic rings. The maximum atomic E-state index is 9.60. The highest BCUT2D eigenvalue weighted by molar-refractivity contribution is 9.11. The molecule has 0 bridgehead atoms. The molecular formula is C44H51Br3O3. The first-order chi connectivity index (χ1) is 24.2. The van der Waals surface area contributed by atoms with Gasteiger partial charge in [0.25, 0.3) is 0 Å². The minimum absolute atomic E-state index is 0.303. The first kappa shape index (κ1) is 41.5. The summed E-state index contributed by atoms with van der Waals surface area (Å²) in [6.45, 7) is 6.53. The smallest absolute Gasteiger partial charge is 0.122 e. The summed E-state index contributed by atoms with van der Waals surface area (Å²) in [5, 5.41) is 9.60. The summed E-state index contributed by atoms with van der Waals surface area (Å²) >= 11 is 10.3. The minimum atomic E-state index is -0.303. The second-order valence-corrected chi connectivity index (χ2v) is 14.9. The lowest BCUT2D eigenvalue weighted by molar-refractivity contribution is 0.166. The average Bonchev–Trinajstić information content (AvgIpc) is 3.15. The van der Waals surface area contributed by atoms with E-state index in [4.69, 9.17) is 9.47 Å². The summed E-state index contributed by atoms with van der Waals surface area (Å²) in [6.07, 6.45) is 6.16. The number of hydrogen-bond acceptors (Lipinski definition) is 3. The van der Waals surface area contributed by atoms with Crippen molar-refractivity contribution >= 4 is 47.8 Å². The van der Waals surface area contributed by atoms with Gasteiger partial charge in [0, 0.05) is 30.8 Å². The number of hydrogen-bond donors (Lipinski definition) is 1. The van der Waals surface area contributed by atoms with Crippen LogP contribution in [0.15, 0.2) is 135 Å². The molecule has 50 heavy (non-hydrogen) atoms. The summed E-state index contributed by atoms with van der Waals surface area (Å²) in [6, 6.07) is 41.7. The van der Waals surface area contributed by atoms with Gasteiger partial charge in [0.05, 0.1) is 20.3 Å². The maximum Gasteiger partial charge on any atom is 0.122 e. The zero-order chi connectivity index (χ0) is 36.3. The van der Waals surface area contributed by atoms with E-state index in [-0.39, 0.29) is 6.10 Å². The second kappa shape index (κ2) is 22.8. The lowest BCUT2D eigenvalue weighted by Crippen LogP contribution is -2.03. The number of aliphatic hydroxyl groups is 1. The van der Waals surface area contributed by atoms with Crippen molar-refractivity contribution < 1.29 is 14.6 Å². The molecule has 0 spiro atoms. The zero-order valence-electron chi connectivity index (χ0n) is 29.9.